The highest BCUT2D eigenvalue weighted by molar-refractivity contribution is 7.98. The van der Waals surface area contributed by atoms with Crippen molar-refractivity contribution in [2.75, 3.05) is 13.1 Å². The van der Waals surface area contributed by atoms with Crippen LogP contribution in [0.2, 0.25) is 0 Å². The average Bonchev–Trinajstić information content (AvgIpc) is 3.14. The van der Waals surface area contributed by atoms with E-state index in [-0.39, 0.29) is 21.4 Å². The van der Waals surface area contributed by atoms with E-state index in [4.69, 9.17) is 4.42 Å². The molecule has 0 radical (unpaired) electrons. The number of aromatic nitrogens is 1. The number of hydrogen-bond acceptors (Lipinski definition) is 5. The normalized spacial score (nSPS) is 16.2. The van der Waals surface area contributed by atoms with Crippen LogP contribution in [0.1, 0.15) is 30.4 Å². The number of nitrogens with zero attached hydrogens (tertiary/aromatic N) is 2. The molecule has 5 nitrogen and oxygen atoms in total. The SMILES string of the molecule is O=S(=O)(c1ccc2oc(SCc3ccccc3C(F)(F)F)nc2c1)N1CCCCC1. The molecule has 1 aliphatic rings. The van der Waals surface area contributed by atoms with Gasteiger partial charge in [0.15, 0.2) is 5.58 Å². The van der Waals surface area contributed by atoms with E-state index in [0.717, 1.165) is 37.1 Å². The van der Waals surface area contributed by atoms with Gasteiger partial charge in [0.25, 0.3) is 5.22 Å². The summed E-state index contributed by atoms with van der Waals surface area (Å²) in [5.74, 6) is 0.0292. The summed E-state index contributed by atoms with van der Waals surface area (Å²) < 4.78 is 72.2. The molecule has 0 aliphatic carbocycles. The summed E-state index contributed by atoms with van der Waals surface area (Å²) in [6, 6.07) is 9.82. The molecular formula is C20H19F3N2O3S2. The zero-order valence-corrected chi connectivity index (χ0v) is 17.5. The molecule has 1 aromatic heterocycles. The number of sulfonamides is 1. The smallest absolute Gasteiger partial charge is 0.416 e. The fraction of sp³-hybridized carbons (Fsp3) is 0.350. The zero-order valence-electron chi connectivity index (χ0n) is 15.9. The molecule has 0 atom stereocenters. The Hall–Kier alpha value is -2.04. The van der Waals surface area contributed by atoms with E-state index in [1.807, 2.05) is 0 Å². The molecule has 0 N–H and O–H groups in total. The predicted octanol–water partition coefficient (Wildman–Crippen LogP) is 5.31. The molecule has 0 unspecified atom stereocenters. The summed E-state index contributed by atoms with van der Waals surface area (Å²) in [5, 5.41) is 0.189. The van der Waals surface area contributed by atoms with Gasteiger partial charge in [0.05, 0.1) is 10.5 Å². The lowest BCUT2D eigenvalue weighted by atomic mass is 10.1. The molecule has 0 amide bonds. The third-order valence-corrected chi connectivity index (χ3v) is 7.74. The Morgan fingerprint density at radius 2 is 1.80 bits per heavy atom. The second-order valence-corrected chi connectivity index (χ2v) is 9.88. The molecule has 10 heteroatoms. The molecule has 3 aromatic rings. The van der Waals surface area contributed by atoms with E-state index in [9.17, 15) is 21.6 Å². The minimum atomic E-state index is -4.43. The van der Waals surface area contributed by atoms with Crippen LogP contribution in [0.15, 0.2) is 57.0 Å². The number of oxazole rings is 1. The predicted molar refractivity (Wildman–Crippen MR) is 108 cm³/mol. The van der Waals surface area contributed by atoms with Gasteiger partial charge in [0.1, 0.15) is 5.52 Å². The van der Waals surface area contributed by atoms with E-state index >= 15 is 0 Å². The molecule has 2 heterocycles. The zero-order chi connectivity index (χ0) is 21.4. The molecular weight excluding hydrogens is 437 g/mol. The first-order chi connectivity index (χ1) is 14.2. The van der Waals surface area contributed by atoms with Crippen LogP contribution < -0.4 is 0 Å². The van der Waals surface area contributed by atoms with Crippen molar-refractivity contribution in [2.45, 2.75) is 41.3 Å². The third kappa shape index (κ3) is 4.35. The van der Waals surface area contributed by atoms with Crippen molar-refractivity contribution in [3.8, 4) is 0 Å². The fourth-order valence-corrected chi connectivity index (χ4v) is 5.80. The van der Waals surface area contributed by atoms with Gasteiger partial charge in [0, 0.05) is 18.8 Å². The highest BCUT2D eigenvalue weighted by atomic mass is 32.2. The van der Waals surface area contributed by atoms with Crippen molar-refractivity contribution in [3.05, 3.63) is 53.6 Å². The van der Waals surface area contributed by atoms with Crippen molar-refractivity contribution in [1.29, 1.82) is 0 Å². The Bertz CT molecular complexity index is 1150. The van der Waals surface area contributed by atoms with Crippen molar-refractivity contribution < 1.29 is 26.0 Å². The number of thioether (sulfide) groups is 1. The van der Waals surface area contributed by atoms with Crippen LogP contribution in [0.4, 0.5) is 13.2 Å². The Morgan fingerprint density at radius 3 is 2.53 bits per heavy atom. The van der Waals surface area contributed by atoms with E-state index in [1.165, 1.54) is 34.6 Å². The van der Waals surface area contributed by atoms with E-state index < -0.39 is 21.8 Å². The minimum Gasteiger partial charge on any atom is -0.431 e. The van der Waals surface area contributed by atoms with Gasteiger partial charge in [-0.25, -0.2) is 13.4 Å². The molecule has 2 aromatic carbocycles. The maximum Gasteiger partial charge on any atom is 0.416 e. The van der Waals surface area contributed by atoms with Crippen LogP contribution in [0.25, 0.3) is 11.1 Å². The first-order valence-electron chi connectivity index (χ1n) is 9.44. The van der Waals surface area contributed by atoms with Crippen LogP contribution in [0.3, 0.4) is 0 Å². The lowest BCUT2D eigenvalue weighted by Gasteiger charge is -2.25. The van der Waals surface area contributed by atoms with Crippen LogP contribution in [-0.4, -0.2) is 30.8 Å². The maximum atomic E-state index is 13.1. The fourth-order valence-electron chi connectivity index (χ4n) is 3.42. The summed E-state index contributed by atoms with van der Waals surface area (Å²) in [5.41, 5.74) is 0.188. The second-order valence-electron chi connectivity index (χ2n) is 7.02. The monoisotopic (exact) mass is 456 g/mol. The first kappa shape index (κ1) is 21.2. The Kier molecular flexibility index (Phi) is 5.82. The van der Waals surface area contributed by atoms with Crippen molar-refractivity contribution in [2.24, 2.45) is 0 Å². The van der Waals surface area contributed by atoms with Gasteiger partial charge in [-0.2, -0.15) is 17.5 Å². The van der Waals surface area contributed by atoms with Gasteiger partial charge in [-0.1, -0.05) is 36.4 Å². The van der Waals surface area contributed by atoms with E-state index in [0.29, 0.717) is 24.2 Å². The molecule has 1 aliphatic heterocycles. The topological polar surface area (TPSA) is 63.4 Å². The van der Waals surface area contributed by atoms with Gasteiger partial charge in [-0.05, 0) is 42.7 Å². The Morgan fingerprint density at radius 1 is 1.07 bits per heavy atom. The third-order valence-electron chi connectivity index (χ3n) is 4.97. The molecule has 0 saturated carbocycles. The van der Waals surface area contributed by atoms with Crippen LogP contribution in [0, 0.1) is 0 Å². The van der Waals surface area contributed by atoms with E-state index in [1.54, 1.807) is 6.07 Å². The van der Waals surface area contributed by atoms with Crippen LogP contribution >= 0.6 is 11.8 Å². The summed E-state index contributed by atoms with van der Waals surface area (Å²) in [4.78, 5) is 4.41. The maximum absolute atomic E-state index is 13.1. The van der Waals surface area contributed by atoms with Crippen molar-refractivity contribution in [1.82, 2.24) is 9.29 Å². The highest BCUT2D eigenvalue weighted by Gasteiger charge is 2.33. The summed E-state index contributed by atoms with van der Waals surface area (Å²) in [7, 11) is -3.60. The molecule has 4 rings (SSSR count). The van der Waals surface area contributed by atoms with Crippen LogP contribution in [-0.2, 0) is 22.0 Å². The summed E-state index contributed by atoms with van der Waals surface area (Å²) in [6.45, 7) is 0.998. The van der Waals surface area contributed by atoms with Gasteiger partial charge in [0.2, 0.25) is 10.0 Å². The highest BCUT2D eigenvalue weighted by Crippen LogP contribution is 2.35. The minimum absolute atomic E-state index is 0.0292. The number of piperidine rings is 1. The van der Waals surface area contributed by atoms with E-state index in [2.05, 4.69) is 4.98 Å². The molecule has 30 heavy (non-hydrogen) atoms. The van der Waals surface area contributed by atoms with Gasteiger partial charge < -0.3 is 4.42 Å². The van der Waals surface area contributed by atoms with Gasteiger partial charge in [-0.15, -0.1) is 0 Å². The van der Waals surface area contributed by atoms with Gasteiger partial charge >= 0.3 is 6.18 Å². The number of benzene rings is 2. The molecule has 160 valence electrons. The lowest BCUT2D eigenvalue weighted by molar-refractivity contribution is -0.138. The van der Waals surface area contributed by atoms with Crippen LogP contribution in [0.5, 0.6) is 0 Å². The Balaban J connectivity index is 1.55. The number of alkyl halides is 3. The van der Waals surface area contributed by atoms with Crippen molar-refractivity contribution in [3.63, 3.8) is 0 Å². The number of fused-ring (bicyclic) bond motifs is 1. The standard InChI is InChI=1S/C20H19F3N2O3S2/c21-20(22,23)16-7-3-2-6-14(16)13-29-19-24-17-12-15(8-9-18(17)28-19)30(26,27)25-10-4-1-5-11-25/h2-3,6-9,12H,1,4-5,10-11,13H2. The number of hydrogen-bond donors (Lipinski definition) is 0. The molecule has 1 saturated heterocycles. The molecule has 1 fully saturated rings. The second kappa shape index (κ2) is 8.24. The van der Waals surface area contributed by atoms with Gasteiger partial charge in [-0.3, -0.25) is 0 Å². The largest absolute Gasteiger partial charge is 0.431 e. The Labute approximate surface area is 176 Å². The summed E-state index contributed by atoms with van der Waals surface area (Å²) >= 11 is 1.03. The van der Waals surface area contributed by atoms with Crippen molar-refractivity contribution >= 4 is 32.9 Å². The lowest BCUT2D eigenvalue weighted by Crippen LogP contribution is -2.35. The quantitative estimate of drug-likeness (QED) is 0.487. The number of rotatable bonds is 5. The average molecular weight is 457 g/mol. The number of halogens is 3. The first-order valence-corrected chi connectivity index (χ1v) is 11.9. The molecule has 0 spiro atoms. The molecule has 0 bridgehead atoms. The summed E-state index contributed by atoms with van der Waals surface area (Å²) in [6.07, 6.45) is -1.74.